The highest BCUT2D eigenvalue weighted by Crippen LogP contribution is 2.15. The largest absolute Gasteiger partial charge is 0.463 e. The lowest BCUT2D eigenvalue weighted by atomic mass is 10.0. The van der Waals surface area contributed by atoms with Crippen LogP contribution in [0.2, 0.25) is 0 Å². The number of hydrogen-bond acceptors (Lipinski definition) is 3. The summed E-state index contributed by atoms with van der Waals surface area (Å²) >= 11 is 0. The Morgan fingerprint density at radius 1 is 1.26 bits per heavy atom. The molecule has 3 nitrogen and oxygen atoms in total. The van der Waals surface area contributed by atoms with Crippen LogP contribution in [0.3, 0.4) is 0 Å². The number of esters is 1. The average Bonchev–Trinajstić information content (AvgIpc) is 2.62. The number of ether oxygens (including phenoxy) is 1. The third kappa shape index (κ3) is 4.21. The second-order valence-corrected chi connectivity index (χ2v) is 4.72. The van der Waals surface area contributed by atoms with Gasteiger partial charge < -0.3 is 4.74 Å². The molecule has 0 amide bonds. The minimum atomic E-state index is -0.249. The lowest BCUT2D eigenvalue weighted by Crippen LogP contribution is -2.26. The normalized spacial score (nSPS) is 16.1. The van der Waals surface area contributed by atoms with Crippen molar-refractivity contribution in [1.82, 2.24) is 4.90 Å². The Kier molecular flexibility index (Phi) is 5.16. The summed E-state index contributed by atoms with van der Waals surface area (Å²) in [4.78, 5) is 13.6. The van der Waals surface area contributed by atoms with E-state index in [2.05, 4.69) is 29.2 Å². The average molecular weight is 259 g/mol. The van der Waals surface area contributed by atoms with Gasteiger partial charge in [0.25, 0.3) is 0 Å². The summed E-state index contributed by atoms with van der Waals surface area (Å²) in [5.74, 6) is -0.249. The van der Waals surface area contributed by atoms with Gasteiger partial charge in [0.1, 0.15) is 0 Å². The highest BCUT2D eigenvalue weighted by atomic mass is 16.5. The summed E-state index contributed by atoms with van der Waals surface area (Å²) < 4.78 is 4.86. The zero-order chi connectivity index (χ0) is 13.5. The predicted octanol–water partition coefficient (Wildman–Crippen LogP) is 2.21. The Hall–Kier alpha value is -1.61. The first-order valence-electron chi connectivity index (χ1n) is 6.92. The summed E-state index contributed by atoms with van der Waals surface area (Å²) in [7, 11) is 0. The second kappa shape index (κ2) is 7.10. The van der Waals surface area contributed by atoms with E-state index in [0.29, 0.717) is 6.61 Å². The van der Waals surface area contributed by atoms with Crippen LogP contribution >= 0.6 is 0 Å². The van der Waals surface area contributed by atoms with Crippen LogP contribution in [0.25, 0.3) is 0 Å². The number of rotatable bonds is 4. The molecule has 0 saturated heterocycles. The SMILES string of the molecule is CCOC(=O)/C=C/CN1CCc2ccccc2CC1. The highest BCUT2D eigenvalue weighted by Gasteiger charge is 2.12. The number of hydrogen-bond donors (Lipinski definition) is 0. The van der Waals surface area contributed by atoms with E-state index in [9.17, 15) is 4.79 Å². The molecule has 3 heteroatoms. The number of carbonyl (C=O) groups excluding carboxylic acids is 1. The van der Waals surface area contributed by atoms with Gasteiger partial charge in [-0.2, -0.15) is 0 Å². The molecule has 1 aromatic carbocycles. The van der Waals surface area contributed by atoms with E-state index in [1.807, 2.05) is 13.0 Å². The molecule has 0 aliphatic carbocycles. The topological polar surface area (TPSA) is 29.5 Å². The van der Waals surface area contributed by atoms with Crippen molar-refractivity contribution in [3.8, 4) is 0 Å². The van der Waals surface area contributed by atoms with E-state index in [-0.39, 0.29) is 5.97 Å². The van der Waals surface area contributed by atoms with E-state index < -0.39 is 0 Å². The first-order valence-corrected chi connectivity index (χ1v) is 6.92. The Labute approximate surface area is 114 Å². The number of benzene rings is 1. The molecule has 102 valence electrons. The van der Waals surface area contributed by atoms with Crippen molar-refractivity contribution in [1.29, 1.82) is 0 Å². The zero-order valence-corrected chi connectivity index (χ0v) is 11.5. The Morgan fingerprint density at radius 2 is 1.89 bits per heavy atom. The van der Waals surface area contributed by atoms with Gasteiger partial charge in [-0.25, -0.2) is 4.79 Å². The fraction of sp³-hybridized carbons (Fsp3) is 0.438. The van der Waals surface area contributed by atoms with Gasteiger partial charge in [0, 0.05) is 25.7 Å². The van der Waals surface area contributed by atoms with Gasteiger partial charge in [0.2, 0.25) is 0 Å². The fourth-order valence-electron chi connectivity index (χ4n) is 2.39. The van der Waals surface area contributed by atoms with Gasteiger partial charge in [0.15, 0.2) is 0 Å². The molecule has 0 bridgehead atoms. The molecule has 0 aromatic heterocycles. The minimum Gasteiger partial charge on any atom is -0.463 e. The Morgan fingerprint density at radius 3 is 2.47 bits per heavy atom. The van der Waals surface area contributed by atoms with E-state index in [0.717, 1.165) is 32.5 Å². The summed E-state index contributed by atoms with van der Waals surface area (Å²) in [5.41, 5.74) is 2.92. The molecule has 1 aromatic rings. The van der Waals surface area contributed by atoms with Crippen LogP contribution in [0.15, 0.2) is 36.4 Å². The molecular weight excluding hydrogens is 238 g/mol. The van der Waals surface area contributed by atoms with Gasteiger partial charge in [-0.15, -0.1) is 0 Å². The molecule has 0 spiro atoms. The Bertz CT molecular complexity index is 427. The van der Waals surface area contributed by atoms with Crippen molar-refractivity contribution >= 4 is 5.97 Å². The van der Waals surface area contributed by atoms with Crippen molar-refractivity contribution in [2.45, 2.75) is 19.8 Å². The van der Waals surface area contributed by atoms with Crippen LogP contribution in [0.1, 0.15) is 18.1 Å². The van der Waals surface area contributed by atoms with Gasteiger partial charge in [-0.3, -0.25) is 4.90 Å². The third-order valence-electron chi connectivity index (χ3n) is 3.42. The molecule has 0 unspecified atom stereocenters. The molecule has 1 aliphatic heterocycles. The maximum atomic E-state index is 11.2. The quantitative estimate of drug-likeness (QED) is 0.613. The van der Waals surface area contributed by atoms with Crippen molar-refractivity contribution in [2.75, 3.05) is 26.2 Å². The van der Waals surface area contributed by atoms with Crippen LogP contribution < -0.4 is 0 Å². The zero-order valence-electron chi connectivity index (χ0n) is 11.5. The van der Waals surface area contributed by atoms with Crippen molar-refractivity contribution in [2.24, 2.45) is 0 Å². The molecule has 19 heavy (non-hydrogen) atoms. The first kappa shape index (κ1) is 13.8. The van der Waals surface area contributed by atoms with Gasteiger partial charge in [0.05, 0.1) is 6.61 Å². The molecule has 1 heterocycles. The fourth-order valence-corrected chi connectivity index (χ4v) is 2.39. The van der Waals surface area contributed by atoms with Crippen LogP contribution in [-0.2, 0) is 22.4 Å². The van der Waals surface area contributed by atoms with E-state index in [1.54, 1.807) is 0 Å². The van der Waals surface area contributed by atoms with E-state index in [1.165, 1.54) is 17.2 Å². The number of nitrogens with zero attached hydrogens (tertiary/aromatic N) is 1. The molecule has 0 fully saturated rings. The summed E-state index contributed by atoms with van der Waals surface area (Å²) in [6.45, 7) is 5.15. The van der Waals surface area contributed by atoms with Gasteiger partial charge in [-0.05, 0) is 30.9 Å². The van der Waals surface area contributed by atoms with Gasteiger partial charge >= 0.3 is 5.97 Å². The summed E-state index contributed by atoms with van der Waals surface area (Å²) in [6.07, 6.45) is 5.60. The van der Waals surface area contributed by atoms with Crippen LogP contribution in [-0.4, -0.2) is 37.1 Å². The highest BCUT2D eigenvalue weighted by molar-refractivity contribution is 5.81. The van der Waals surface area contributed by atoms with Crippen LogP contribution in [0.4, 0.5) is 0 Å². The van der Waals surface area contributed by atoms with Crippen LogP contribution in [0, 0.1) is 0 Å². The maximum Gasteiger partial charge on any atom is 0.330 e. The monoisotopic (exact) mass is 259 g/mol. The van der Waals surface area contributed by atoms with E-state index in [4.69, 9.17) is 4.74 Å². The molecular formula is C16H21NO2. The summed E-state index contributed by atoms with van der Waals surface area (Å²) in [5, 5.41) is 0. The lowest BCUT2D eigenvalue weighted by Gasteiger charge is -2.17. The van der Waals surface area contributed by atoms with Gasteiger partial charge in [-0.1, -0.05) is 30.3 Å². The van der Waals surface area contributed by atoms with Crippen molar-refractivity contribution < 1.29 is 9.53 Å². The molecule has 2 rings (SSSR count). The minimum absolute atomic E-state index is 0.249. The van der Waals surface area contributed by atoms with Crippen molar-refractivity contribution in [3.63, 3.8) is 0 Å². The molecule has 1 aliphatic rings. The first-order chi connectivity index (χ1) is 9.29. The van der Waals surface area contributed by atoms with Crippen LogP contribution in [0.5, 0.6) is 0 Å². The van der Waals surface area contributed by atoms with E-state index >= 15 is 0 Å². The third-order valence-corrected chi connectivity index (χ3v) is 3.42. The smallest absolute Gasteiger partial charge is 0.330 e. The maximum absolute atomic E-state index is 11.2. The molecule has 0 atom stereocenters. The standard InChI is InChI=1S/C16H21NO2/c1-2-19-16(18)8-5-11-17-12-9-14-6-3-4-7-15(14)10-13-17/h3-8H,2,9-13H2,1H3/b8-5+. The second-order valence-electron chi connectivity index (χ2n) is 4.72. The predicted molar refractivity (Wildman–Crippen MR) is 76.1 cm³/mol. The molecule has 0 N–H and O–H groups in total. The number of carbonyl (C=O) groups is 1. The summed E-state index contributed by atoms with van der Waals surface area (Å²) in [6, 6.07) is 8.64. The van der Waals surface area contributed by atoms with Crippen molar-refractivity contribution in [3.05, 3.63) is 47.5 Å². The molecule has 0 radical (unpaired) electrons. The lowest BCUT2D eigenvalue weighted by molar-refractivity contribution is -0.137. The Balaban J connectivity index is 1.83. The molecule has 0 saturated carbocycles. The number of fused-ring (bicyclic) bond motifs is 1.